The molecule has 0 fully saturated rings. The van der Waals surface area contributed by atoms with Crippen molar-refractivity contribution in [1.29, 1.82) is 0 Å². The van der Waals surface area contributed by atoms with Crippen LogP contribution in [0.1, 0.15) is 24.5 Å². The van der Waals surface area contributed by atoms with E-state index in [2.05, 4.69) is 22.2 Å². The quantitative estimate of drug-likeness (QED) is 0.896. The van der Waals surface area contributed by atoms with Crippen molar-refractivity contribution in [2.75, 3.05) is 12.4 Å². The minimum Gasteiger partial charge on any atom is -0.438 e. The number of anilines is 1. The third-order valence-corrected chi connectivity index (χ3v) is 3.23. The molecule has 5 heteroatoms. The molecule has 0 radical (unpaired) electrons. The molecule has 1 heterocycles. The summed E-state index contributed by atoms with van der Waals surface area (Å²) < 4.78 is 5.94. The molecule has 0 amide bonds. The molecule has 0 saturated carbocycles. The smallest absolute Gasteiger partial charge is 0.227 e. The monoisotopic (exact) mass is 291 g/mol. The average molecular weight is 292 g/mol. The molecule has 20 heavy (non-hydrogen) atoms. The van der Waals surface area contributed by atoms with Gasteiger partial charge in [-0.1, -0.05) is 31.0 Å². The highest BCUT2D eigenvalue weighted by Crippen LogP contribution is 2.31. The number of aryl methyl sites for hydroxylation is 1. The van der Waals surface area contributed by atoms with Gasteiger partial charge < -0.3 is 10.1 Å². The van der Waals surface area contributed by atoms with E-state index in [1.807, 2.05) is 26.1 Å². The zero-order valence-electron chi connectivity index (χ0n) is 11.9. The molecule has 0 unspecified atom stereocenters. The van der Waals surface area contributed by atoms with Crippen LogP contribution in [-0.4, -0.2) is 17.0 Å². The highest BCUT2D eigenvalue weighted by Gasteiger charge is 2.13. The molecule has 106 valence electrons. The lowest BCUT2D eigenvalue weighted by Crippen LogP contribution is -2.03. The Kier molecular flexibility index (Phi) is 4.79. The Morgan fingerprint density at radius 2 is 2.10 bits per heavy atom. The van der Waals surface area contributed by atoms with Crippen molar-refractivity contribution in [3.63, 3.8) is 0 Å². The molecule has 2 rings (SSSR count). The van der Waals surface area contributed by atoms with Crippen LogP contribution in [0.4, 0.5) is 5.82 Å². The molecular weight excluding hydrogens is 274 g/mol. The summed E-state index contributed by atoms with van der Waals surface area (Å²) in [5.41, 5.74) is 2.00. The van der Waals surface area contributed by atoms with E-state index in [9.17, 15) is 0 Å². The van der Waals surface area contributed by atoms with Crippen LogP contribution in [-0.2, 0) is 6.42 Å². The Labute approximate surface area is 124 Å². The molecule has 1 aromatic carbocycles. The molecule has 0 saturated heterocycles. The number of rotatable bonds is 5. The van der Waals surface area contributed by atoms with Gasteiger partial charge in [0.2, 0.25) is 5.88 Å². The van der Waals surface area contributed by atoms with E-state index in [0.29, 0.717) is 10.9 Å². The van der Waals surface area contributed by atoms with Gasteiger partial charge in [0.05, 0.1) is 5.56 Å². The van der Waals surface area contributed by atoms with E-state index >= 15 is 0 Å². The summed E-state index contributed by atoms with van der Waals surface area (Å²) in [6.45, 7) is 4.09. The number of hydrogen-bond donors (Lipinski definition) is 1. The fourth-order valence-electron chi connectivity index (χ4n) is 1.96. The number of nitrogens with zero attached hydrogens (tertiary/aromatic N) is 2. The second-order valence-corrected chi connectivity index (χ2v) is 4.95. The number of nitrogens with one attached hydrogen (secondary N) is 1. The topological polar surface area (TPSA) is 47.0 Å². The molecule has 1 aromatic heterocycles. The van der Waals surface area contributed by atoms with E-state index in [1.165, 1.54) is 6.33 Å². The highest BCUT2D eigenvalue weighted by atomic mass is 35.5. The van der Waals surface area contributed by atoms with Gasteiger partial charge in [-0.25, -0.2) is 9.97 Å². The normalized spacial score (nSPS) is 10.4. The lowest BCUT2D eigenvalue weighted by molar-refractivity contribution is 0.451. The van der Waals surface area contributed by atoms with E-state index in [4.69, 9.17) is 16.3 Å². The van der Waals surface area contributed by atoms with Crippen LogP contribution in [0.5, 0.6) is 11.6 Å². The number of ether oxygens (including phenoxy) is 1. The zero-order chi connectivity index (χ0) is 14.5. The van der Waals surface area contributed by atoms with E-state index in [1.54, 1.807) is 6.07 Å². The number of aromatic nitrogens is 2. The Morgan fingerprint density at radius 3 is 2.80 bits per heavy atom. The van der Waals surface area contributed by atoms with Gasteiger partial charge in [-0.15, -0.1) is 0 Å². The van der Waals surface area contributed by atoms with Crippen LogP contribution in [0, 0.1) is 6.92 Å². The minimum atomic E-state index is 0.580. The molecular formula is C15H18ClN3O. The molecule has 2 aromatic rings. The van der Waals surface area contributed by atoms with Crippen molar-refractivity contribution in [3.8, 4) is 11.6 Å². The summed E-state index contributed by atoms with van der Waals surface area (Å²) in [6, 6.07) is 5.57. The van der Waals surface area contributed by atoms with Crippen molar-refractivity contribution in [3.05, 3.63) is 40.7 Å². The molecule has 0 aliphatic rings. The second kappa shape index (κ2) is 6.57. The number of benzene rings is 1. The van der Waals surface area contributed by atoms with Gasteiger partial charge in [-0.3, -0.25) is 0 Å². The third kappa shape index (κ3) is 3.20. The van der Waals surface area contributed by atoms with Crippen molar-refractivity contribution < 1.29 is 4.74 Å². The first-order valence-electron chi connectivity index (χ1n) is 6.61. The Bertz CT molecular complexity index is 602. The first-order valence-corrected chi connectivity index (χ1v) is 6.99. The van der Waals surface area contributed by atoms with Crippen molar-refractivity contribution in [1.82, 2.24) is 9.97 Å². The van der Waals surface area contributed by atoms with Gasteiger partial charge in [0.25, 0.3) is 0 Å². The van der Waals surface area contributed by atoms with Gasteiger partial charge >= 0.3 is 0 Å². The Balaban J connectivity index is 2.39. The van der Waals surface area contributed by atoms with Crippen LogP contribution in [0.25, 0.3) is 0 Å². The van der Waals surface area contributed by atoms with E-state index < -0.39 is 0 Å². The Hall–Kier alpha value is -1.81. The number of hydrogen-bond acceptors (Lipinski definition) is 4. The summed E-state index contributed by atoms with van der Waals surface area (Å²) in [5, 5.41) is 3.72. The van der Waals surface area contributed by atoms with Crippen molar-refractivity contribution >= 4 is 17.4 Å². The predicted octanol–water partition coefficient (Wildman–Crippen LogP) is 4.22. The maximum atomic E-state index is 6.02. The lowest BCUT2D eigenvalue weighted by atomic mass is 10.1. The molecule has 1 N–H and O–H groups in total. The summed E-state index contributed by atoms with van der Waals surface area (Å²) in [5.74, 6) is 2.10. The summed E-state index contributed by atoms with van der Waals surface area (Å²) in [7, 11) is 1.84. The summed E-state index contributed by atoms with van der Waals surface area (Å²) >= 11 is 6.02. The fourth-order valence-corrected chi connectivity index (χ4v) is 2.13. The van der Waals surface area contributed by atoms with Gasteiger partial charge in [-0.05, 0) is 31.0 Å². The van der Waals surface area contributed by atoms with Gasteiger partial charge in [-0.2, -0.15) is 0 Å². The van der Waals surface area contributed by atoms with E-state index in [-0.39, 0.29) is 0 Å². The largest absolute Gasteiger partial charge is 0.438 e. The van der Waals surface area contributed by atoms with Crippen LogP contribution >= 0.6 is 11.6 Å². The van der Waals surface area contributed by atoms with Crippen molar-refractivity contribution in [2.45, 2.75) is 26.7 Å². The predicted molar refractivity (Wildman–Crippen MR) is 81.8 cm³/mol. The second-order valence-electron chi connectivity index (χ2n) is 4.52. The fraction of sp³-hybridized carbons (Fsp3) is 0.333. The maximum absolute atomic E-state index is 6.02. The van der Waals surface area contributed by atoms with Crippen LogP contribution in [0.15, 0.2) is 24.5 Å². The molecule has 0 aliphatic heterocycles. The first kappa shape index (κ1) is 14.6. The Morgan fingerprint density at radius 1 is 1.30 bits per heavy atom. The SMILES string of the molecule is CCCc1c(NC)ncnc1Oc1cc(Cl)ccc1C. The highest BCUT2D eigenvalue weighted by molar-refractivity contribution is 6.30. The standard InChI is InChI=1S/C15H18ClN3O/c1-4-5-12-14(17-3)18-9-19-15(12)20-13-8-11(16)7-6-10(13)2/h6-9H,4-5H2,1-3H3,(H,17,18,19). The van der Waals surface area contributed by atoms with Crippen LogP contribution in [0.3, 0.4) is 0 Å². The molecule has 4 nitrogen and oxygen atoms in total. The maximum Gasteiger partial charge on any atom is 0.227 e. The summed E-state index contributed by atoms with van der Waals surface area (Å²) in [4.78, 5) is 8.49. The zero-order valence-corrected chi connectivity index (χ0v) is 12.7. The van der Waals surface area contributed by atoms with Gasteiger partial charge in [0, 0.05) is 12.1 Å². The average Bonchev–Trinajstić information content (AvgIpc) is 2.45. The number of halogens is 1. The molecule has 0 spiro atoms. The third-order valence-electron chi connectivity index (χ3n) is 3.00. The molecule has 0 bridgehead atoms. The molecule has 0 atom stereocenters. The van der Waals surface area contributed by atoms with Crippen molar-refractivity contribution in [2.24, 2.45) is 0 Å². The van der Waals surface area contributed by atoms with Gasteiger partial charge in [0.1, 0.15) is 17.9 Å². The summed E-state index contributed by atoms with van der Waals surface area (Å²) in [6.07, 6.45) is 3.35. The van der Waals surface area contributed by atoms with Crippen LogP contribution < -0.4 is 10.1 Å². The lowest BCUT2D eigenvalue weighted by Gasteiger charge is -2.14. The molecule has 0 aliphatic carbocycles. The first-order chi connectivity index (χ1) is 9.65. The minimum absolute atomic E-state index is 0.580. The van der Waals surface area contributed by atoms with Crippen LogP contribution in [0.2, 0.25) is 5.02 Å². The van der Waals surface area contributed by atoms with E-state index in [0.717, 1.165) is 35.5 Å². The van der Waals surface area contributed by atoms with Gasteiger partial charge in [0.15, 0.2) is 0 Å².